The second-order valence-corrected chi connectivity index (χ2v) is 5.15. The minimum atomic E-state index is -0.172. The van der Waals surface area contributed by atoms with Gasteiger partial charge in [0.2, 0.25) is 0 Å². The number of ether oxygens (including phenoxy) is 1. The Balaban J connectivity index is 2.13. The lowest BCUT2D eigenvalue weighted by atomic mass is 9.96. The lowest BCUT2D eigenvalue weighted by Crippen LogP contribution is -2.19. The van der Waals surface area contributed by atoms with E-state index in [9.17, 15) is 4.79 Å². The summed E-state index contributed by atoms with van der Waals surface area (Å²) in [5.41, 5.74) is 1.27. The van der Waals surface area contributed by atoms with Crippen molar-refractivity contribution in [1.29, 1.82) is 0 Å². The van der Waals surface area contributed by atoms with E-state index in [1.807, 2.05) is 12.1 Å². The SMILES string of the molecule is CC(=O)O[C@@H]1CCC[C@H]1c1ccc(Br)cc1. The number of benzene rings is 1. The van der Waals surface area contributed by atoms with Crippen LogP contribution in [0.4, 0.5) is 0 Å². The molecule has 1 fully saturated rings. The summed E-state index contributed by atoms with van der Waals surface area (Å²) in [5, 5.41) is 0. The summed E-state index contributed by atoms with van der Waals surface area (Å²) in [7, 11) is 0. The molecule has 1 aliphatic carbocycles. The molecule has 0 aliphatic heterocycles. The molecule has 1 aliphatic rings. The molecular weight excluding hydrogens is 268 g/mol. The highest BCUT2D eigenvalue weighted by Crippen LogP contribution is 2.37. The summed E-state index contributed by atoms with van der Waals surface area (Å²) in [4.78, 5) is 11.0. The van der Waals surface area contributed by atoms with Crippen LogP contribution in [-0.2, 0) is 9.53 Å². The number of rotatable bonds is 2. The Kier molecular flexibility index (Phi) is 3.64. The molecule has 0 bridgehead atoms. The maximum absolute atomic E-state index is 11.0. The van der Waals surface area contributed by atoms with Gasteiger partial charge in [0.15, 0.2) is 0 Å². The maximum Gasteiger partial charge on any atom is 0.302 e. The van der Waals surface area contributed by atoms with Gasteiger partial charge < -0.3 is 4.74 Å². The molecule has 0 amide bonds. The highest BCUT2D eigenvalue weighted by atomic mass is 79.9. The minimum Gasteiger partial charge on any atom is -0.462 e. The van der Waals surface area contributed by atoms with Crippen molar-refractivity contribution in [2.45, 2.75) is 38.2 Å². The van der Waals surface area contributed by atoms with Crippen LogP contribution < -0.4 is 0 Å². The first kappa shape index (κ1) is 11.6. The Morgan fingerprint density at radius 3 is 2.62 bits per heavy atom. The van der Waals surface area contributed by atoms with Gasteiger partial charge in [-0.15, -0.1) is 0 Å². The second-order valence-electron chi connectivity index (χ2n) is 4.24. The fraction of sp³-hybridized carbons (Fsp3) is 0.462. The van der Waals surface area contributed by atoms with Gasteiger partial charge in [0, 0.05) is 17.3 Å². The van der Waals surface area contributed by atoms with E-state index >= 15 is 0 Å². The van der Waals surface area contributed by atoms with Crippen LogP contribution in [0.25, 0.3) is 0 Å². The van der Waals surface area contributed by atoms with Gasteiger partial charge in [-0.2, -0.15) is 0 Å². The molecule has 1 aromatic rings. The van der Waals surface area contributed by atoms with Gasteiger partial charge in [0.1, 0.15) is 6.10 Å². The van der Waals surface area contributed by atoms with E-state index in [2.05, 4.69) is 28.1 Å². The normalized spacial score (nSPS) is 24.4. The van der Waals surface area contributed by atoms with E-state index in [4.69, 9.17) is 4.74 Å². The molecule has 0 saturated heterocycles. The molecule has 0 unspecified atom stereocenters. The highest BCUT2D eigenvalue weighted by molar-refractivity contribution is 9.10. The molecule has 2 atom stereocenters. The lowest BCUT2D eigenvalue weighted by molar-refractivity contribution is -0.146. The number of halogens is 1. The van der Waals surface area contributed by atoms with Crippen molar-refractivity contribution in [3.63, 3.8) is 0 Å². The molecule has 86 valence electrons. The van der Waals surface area contributed by atoms with Gasteiger partial charge in [0.05, 0.1) is 0 Å². The molecule has 3 heteroatoms. The van der Waals surface area contributed by atoms with Crippen molar-refractivity contribution < 1.29 is 9.53 Å². The van der Waals surface area contributed by atoms with Gasteiger partial charge in [-0.25, -0.2) is 0 Å². The van der Waals surface area contributed by atoms with Crippen LogP contribution in [0.1, 0.15) is 37.7 Å². The summed E-state index contributed by atoms with van der Waals surface area (Å²) in [5.74, 6) is 0.200. The Morgan fingerprint density at radius 1 is 1.31 bits per heavy atom. The molecular formula is C13H15BrO2. The largest absolute Gasteiger partial charge is 0.462 e. The third kappa shape index (κ3) is 2.64. The third-order valence-corrected chi connectivity index (χ3v) is 3.60. The van der Waals surface area contributed by atoms with Crippen molar-refractivity contribution in [2.75, 3.05) is 0 Å². The molecule has 1 aromatic carbocycles. The zero-order valence-corrected chi connectivity index (χ0v) is 10.9. The Labute approximate surface area is 104 Å². The second kappa shape index (κ2) is 5.00. The summed E-state index contributed by atoms with van der Waals surface area (Å²) < 4.78 is 6.44. The first-order chi connectivity index (χ1) is 7.66. The van der Waals surface area contributed by atoms with Crippen LogP contribution in [-0.4, -0.2) is 12.1 Å². The van der Waals surface area contributed by atoms with E-state index in [1.54, 1.807) is 0 Å². The number of esters is 1. The smallest absolute Gasteiger partial charge is 0.302 e. The molecule has 2 nitrogen and oxygen atoms in total. The first-order valence-electron chi connectivity index (χ1n) is 5.59. The zero-order valence-electron chi connectivity index (χ0n) is 9.28. The Morgan fingerprint density at radius 2 is 2.00 bits per heavy atom. The molecule has 0 heterocycles. The zero-order chi connectivity index (χ0) is 11.5. The number of carbonyl (C=O) groups excluding carboxylic acids is 1. The Hall–Kier alpha value is -0.830. The number of carbonyl (C=O) groups is 1. The summed E-state index contributed by atoms with van der Waals surface area (Å²) in [6.07, 6.45) is 3.30. The van der Waals surface area contributed by atoms with Gasteiger partial charge in [-0.3, -0.25) is 4.79 Å². The van der Waals surface area contributed by atoms with Gasteiger partial charge in [-0.1, -0.05) is 28.1 Å². The van der Waals surface area contributed by atoms with E-state index < -0.39 is 0 Å². The standard InChI is InChI=1S/C13H15BrO2/c1-9(15)16-13-4-2-3-12(13)10-5-7-11(14)8-6-10/h5-8,12-13H,2-4H2,1H3/t12-,13+/m0/s1. The number of hydrogen-bond acceptors (Lipinski definition) is 2. The van der Waals surface area contributed by atoms with Crippen LogP contribution in [0, 0.1) is 0 Å². The highest BCUT2D eigenvalue weighted by Gasteiger charge is 2.30. The molecule has 1 saturated carbocycles. The molecule has 0 spiro atoms. The van der Waals surface area contributed by atoms with Crippen LogP contribution in [0.2, 0.25) is 0 Å². The van der Waals surface area contributed by atoms with Crippen molar-refractivity contribution in [1.82, 2.24) is 0 Å². The van der Waals surface area contributed by atoms with Crippen LogP contribution in [0.5, 0.6) is 0 Å². The van der Waals surface area contributed by atoms with Crippen LogP contribution in [0.15, 0.2) is 28.7 Å². The van der Waals surface area contributed by atoms with Crippen molar-refractivity contribution >= 4 is 21.9 Å². The Bertz CT molecular complexity index is 372. The predicted molar refractivity (Wildman–Crippen MR) is 66.3 cm³/mol. The fourth-order valence-electron chi connectivity index (χ4n) is 2.37. The quantitative estimate of drug-likeness (QED) is 0.774. The van der Waals surface area contributed by atoms with E-state index in [0.717, 1.165) is 23.7 Å². The van der Waals surface area contributed by atoms with Crippen molar-refractivity contribution in [3.8, 4) is 0 Å². The first-order valence-corrected chi connectivity index (χ1v) is 6.39. The summed E-state index contributed by atoms with van der Waals surface area (Å²) in [6, 6.07) is 8.30. The third-order valence-electron chi connectivity index (χ3n) is 3.07. The van der Waals surface area contributed by atoms with Crippen molar-refractivity contribution in [2.24, 2.45) is 0 Å². The van der Waals surface area contributed by atoms with Crippen molar-refractivity contribution in [3.05, 3.63) is 34.3 Å². The lowest BCUT2D eigenvalue weighted by Gasteiger charge is -2.19. The summed E-state index contributed by atoms with van der Waals surface area (Å²) >= 11 is 3.42. The molecule has 0 aromatic heterocycles. The molecule has 0 radical (unpaired) electrons. The predicted octanol–water partition coefficient (Wildman–Crippen LogP) is 3.65. The topological polar surface area (TPSA) is 26.3 Å². The van der Waals surface area contributed by atoms with Crippen LogP contribution >= 0.6 is 15.9 Å². The average Bonchev–Trinajstić information content (AvgIpc) is 2.66. The number of hydrogen-bond donors (Lipinski definition) is 0. The van der Waals surface area contributed by atoms with E-state index in [-0.39, 0.29) is 12.1 Å². The van der Waals surface area contributed by atoms with E-state index in [0.29, 0.717) is 5.92 Å². The van der Waals surface area contributed by atoms with E-state index in [1.165, 1.54) is 12.5 Å². The molecule has 16 heavy (non-hydrogen) atoms. The maximum atomic E-state index is 11.0. The average molecular weight is 283 g/mol. The van der Waals surface area contributed by atoms with Gasteiger partial charge in [-0.05, 0) is 37.0 Å². The van der Waals surface area contributed by atoms with Gasteiger partial charge >= 0.3 is 5.97 Å². The fourth-order valence-corrected chi connectivity index (χ4v) is 2.64. The van der Waals surface area contributed by atoms with Gasteiger partial charge in [0.25, 0.3) is 0 Å². The minimum absolute atomic E-state index is 0.0682. The van der Waals surface area contributed by atoms with Crippen LogP contribution in [0.3, 0.4) is 0 Å². The summed E-state index contributed by atoms with van der Waals surface area (Å²) in [6.45, 7) is 1.48. The molecule has 0 N–H and O–H groups in total. The molecule has 2 rings (SSSR count). The monoisotopic (exact) mass is 282 g/mol.